The minimum absolute atomic E-state index is 0.142. The number of phenolic OH excluding ortho intramolecular Hbond substituents is 1. The van der Waals surface area contributed by atoms with Gasteiger partial charge in [0.1, 0.15) is 0 Å². The summed E-state index contributed by atoms with van der Waals surface area (Å²) in [4.78, 5) is 60.1. The Morgan fingerprint density at radius 3 is 2.29 bits per heavy atom. The highest BCUT2D eigenvalue weighted by molar-refractivity contribution is 6.32. The lowest BCUT2D eigenvalue weighted by Gasteiger charge is -2.49. The molecule has 4 aliphatic rings. The number of amides is 4. The van der Waals surface area contributed by atoms with Gasteiger partial charge >= 0.3 is 0 Å². The van der Waals surface area contributed by atoms with Crippen molar-refractivity contribution in [1.29, 1.82) is 0 Å². The summed E-state index contributed by atoms with van der Waals surface area (Å²) < 4.78 is 10.8. The number of aromatic hydroxyl groups is 1. The zero-order valence-corrected chi connectivity index (χ0v) is 28.2. The van der Waals surface area contributed by atoms with Crippen LogP contribution in [0.2, 0.25) is 5.02 Å². The Morgan fingerprint density at radius 1 is 0.918 bits per heavy atom. The van der Waals surface area contributed by atoms with E-state index in [0.717, 1.165) is 5.57 Å². The quantitative estimate of drug-likeness (QED) is 0.223. The standard InChI is InChI=1S/C39H37ClN2O7/c1-4-17-41-35(44)27-15-14-26-28(33(27)37(41)46)21-30-36(45)42(25-12-8-11-24(40)20-25)38(47)39(30,23-9-6-5-7-10-23)29(26)16-13-22-18-31(48-2)34(43)32(19-22)49-3/h5-14,16,18-20,27-30,33,43H,4,15,17,21H2,1-3H3/t27-,28+,29-,30-,33-,39-/m0/s1. The van der Waals surface area contributed by atoms with E-state index in [9.17, 15) is 19.5 Å². The number of ether oxygens (including phenoxy) is 2. The fourth-order valence-corrected chi connectivity index (χ4v) is 8.90. The van der Waals surface area contributed by atoms with Crippen LogP contribution in [-0.2, 0) is 24.6 Å². The predicted molar refractivity (Wildman–Crippen MR) is 184 cm³/mol. The molecule has 2 aliphatic heterocycles. The lowest BCUT2D eigenvalue weighted by molar-refractivity contribution is -0.140. The Labute approximate surface area is 289 Å². The second-order valence-corrected chi connectivity index (χ2v) is 13.5. The van der Waals surface area contributed by atoms with E-state index < -0.39 is 35.0 Å². The SMILES string of the molecule is CCCN1C(=O)[C@H]2[C@H](CC=C3[C@H]2C[C@H]2C(=O)N(c4cccc(Cl)c4)C(=O)[C@@]2(c2ccccc2)[C@H]3C=Cc2cc(OC)c(O)c(OC)c2)C1=O. The van der Waals surface area contributed by atoms with Crippen LogP contribution in [0.15, 0.2) is 84.5 Å². The van der Waals surface area contributed by atoms with Crippen LogP contribution in [0.3, 0.4) is 0 Å². The van der Waals surface area contributed by atoms with Crippen molar-refractivity contribution in [2.75, 3.05) is 25.7 Å². The maximum absolute atomic E-state index is 15.2. The molecule has 7 rings (SSSR count). The molecule has 2 saturated heterocycles. The third-order valence-electron chi connectivity index (χ3n) is 10.7. The summed E-state index contributed by atoms with van der Waals surface area (Å²) >= 11 is 6.38. The van der Waals surface area contributed by atoms with E-state index >= 15 is 4.79 Å². The molecular formula is C39H37ClN2O7. The molecule has 2 heterocycles. The van der Waals surface area contributed by atoms with Crippen LogP contribution in [0.1, 0.15) is 37.3 Å². The molecule has 1 N–H and O–H groups in total. The molecule has 4 amide bonds. The first kappa shape index (κ1) is 32.6. The fourth-order valence-electron chi connectivity index (χ4n) is 8.72. The van der Waals surface area contributed by atoms with Crippen molar-refractivity contribution >= 4 is 47.0 Å². The minimum Gasteiger partial charge on any atom is -0.502 e. The summed E-state index contributed by atoms with van der Waals surface area (Å²) in [6.07, 6.45) is 7.02. The number of carbonyl (C=O) groups excluding carboxylic acids is 4. The van der Waals surface area contributed by atoms with Gasteiger partial charge in [-0.2, -0.15) is 0 Å². The van der Waals surface area contributed by atoms with E-state index in [4.69, 9.17) is 21.1 Å². The average molecular weight is 681 g/mol. The summed E-state index contributed by atoms with van der Waals surface area (Å²) in [5.41, 5.74) is 1.18. The molecule has 0 spiro atoms. The van der Waals surface area contributed by atoms with E-state index in [1.165, 1.54) is 24.0 Å². The smallest absolute Gasteiger partial charge is 0.246 e. The lowest BCUT2D eigenvalue weighted by atomic mass is 9.50. The fraction of sp³-hybridized carbons (Fsp3) is 0.333. The number of phenols is 1. The third-order valence-corrected chi connectivity index (χ3v) is 11.0. The van der Waals surface area contributed by atoms with Crippen molar-refractivity contribution in [2.24, 2.45) is 29.6 Å². The van der Waals surface area contributed by atoms with Gasteiger partial charge in [0, 0.05) is 17.5 Å². The number of hydrogen-bond acceptors (Lipinski definition) is 7. The number of benzene rings is 3. The number of allylic oxidation sites excluding steroid dienone is 3. The Bertz CT molecular complexity index is 1900. The molecule has 0 aromatic heterocycles. The maximum Gasteiger partial charge on any atom is 0.246 e. The van der Waals surface area contributed by atoms with Crippen molar-refractivity contribution in [2.45, 2.75) is 31.6 Å². The number of carbonyl (C=O) groups is 4. The maximum atomic E-state index is 15.2. The molecule has 9 nitrogen and oxygen atoms in total. The second kappa shape index (κ2) is 12.5. The number of imide groups is 2. The number of halogens is 1. The minimum atomic E-state index is -1.37. The number of fused-ring (bicyclic) bond motifs is 4. The van der Waals surface area contributed by atoms with Gasteiger partial charge in [0.15, 0.2) is 11.5 Å². The average Bonchev–Trinajstić information content (AvgIpc) is 3.49. The molecule has 0 bridgehead atoms. The molecule has 6 atom stereocenters. The summed E-state index contributed by atoms with van der Waals surface area (Å²) in [7, 11) is 2.89. The molecule has 2 aliphatic carbocycles. The molecule has 3 aromatic carbocycles. The first-order chi connectivity index (χ1) is 23.7. The molecular weight excluding hydrogens is 644 g/mol. The first-order valence-electron chi connectivity index (χ1n) is 16.5. The van der Waals surface area contributed by atoms with Gasteiger partial charge in [-0.05, 0) is 66.6 Å². The third kappa shape index (κ3) is 4.89. The summed E-state index contributed by atoms with van der Waals surface area (Å²) in [6, 6.07) is 19.4. The van der Waals surface area contributed by atoms with E-state index in [-0.39, 0.29) is 47.3 Å². The van der Waals surface area contributed by atoms with Crippen LogP contribution < -0.4 is 14.4 Å². The Kier molecular flexibility index (Phi) is 8.35. The number of nitrogens with zero attached hydrogens (tertiary/aromatic N) is 2. The molecule has 1 saturated carbocycles. The van der Waals surface area contributed by atoms with Gasteiger partial charge in [-0.3, -0.25) is 24.1 Å². The van der Waals surface area contributed by atoms with Crippen molar-refractivity contribution in [3.05, 3.63) is 101 Å². The van der Waals surface area contributed by atoms with E-state index in [0.29, 0.717) is 41.2 Å². The van der Waals surface area contributed by atoms with Gasteiger partial charge in [0.25, 0.3) is 0 Å². The van der Waals surface area contributed by atoms with E-state index in [1.54, 1.807) is 36.4 Å². The molecule has 10 heteroatoms. The highest BCUT2D eigenvalue weighted by atomic mass is 35.5. The first-order valence-corrected chi connectivity index (χ1v) is 16.9. The molecule has 3 fully saturated rings. The van der Waals surface area contributed by atoms with Crippen LogP contribution in [0.4, 0.5) is 5.69 Å². The van der Waals surface area contributed by atoms with Crippen molar-refractivity contribution in [3.8, 4) is 17.2 Å². The van der Waals surface area contributed by atoms with Gasteiger partial charge in [-0.1, -0.05) is 78.7 Å². The van der Waals surface area contributed by atoms with Gasteiger partial charge in [0.05, 0.1) is 43.1 Å². The molecule has 0 radical (unpaired) electrons. The van der Waals surface area contributed by atoms with Crippen molar-refractivity contribution in [3.63, 3.8) is 0 Å². The van der Waals surface area contributed by atoms with Crippen LogP contribution >= 0.6 is 11.6 Å². The van der Waals surface area contributed by atoms with Crippen LogP contribution in [0.25, 0.3) is 6.08 Å². The van der Waals surface area contributed by atoms with E-state index in [1.807, 2.05) is 55.5 Å². The largest absolute Gasteiger partial charge is 0.502 e. The summed E-state index contributed by atoms with van der Waals surface area (Å²) in [5.74, 6) is -3.94. The molecule has 252 valence electrons. The summed E-state index contributed by atoms with van der Waals surface area (Å²) in [6.45, 7) is 2.28. The van der Waals surface area contributed by atoms with Crippen molar-refractivity contribution < 1.29 is 33.8 Å². The Balaban J connectivity index is 1.45. The van der Waals surface area contributed by atoms with Crippen molar-refractivity contribution in [1.82, 2.24) is 4.90 Å². The zero-order chi connectivity index (χ0) is 34.6. The monoisotopic (exact) mass is 680 g/mol. The Morgan fingerprint density at radius 2 is 1.63 bits per heavy atom. The Hall–Kier alpha value is -4.89. The second-order valence-electron chi connectivity index (χ2n) is 13.1. The zero-order valence-electron chi connectivity index (χ0n) is 27.5. The van der Waals surface area contributed by atoms with Crippen LogP contribution in [0, 0.1) is 29.6 Å². The van der Waals surface area contributed by atoms with Gasteiger partial charge < -0.3 is 14.6 Å². The normalized spacial score (nSPS) is 27.7. The molecule has 0 unspecified atom stereocenters. The van der Waals surface area contributed by atoms with E-state index in [2.05, 4.69) is 0 Å². The predicted octanol–water partition coefficient (Wildman–Crippen LogP) is 6.18. The highest BCUT2D eigenvalue weighted by Crippen LogP contribution is 2.62. The molecule has 3 aromatic rings. The van der Waals surface area contributed by atoms with Crippen LogP contribution in [0.5, 0.6) is 17.2 Å². The lowest BCUT2D eigenvalue weighted by Crippen LogP contribution is -2.54. The number of rotatable bonds is 8. The number of methoxy groups -OCH3 is 2. The van der Waals surface area contributed by atoms with Gasteiger partial charge in [-0.15, -0.1) is 0 Å². The topological polar surface area (TPSA) is 113 Å². The number of likely N-dealkylation sites (tertiary alicyclic amines) is 1. The van der Waals surface area contributed by atoms with Gasteiger partial charge in [0.2, 0.25) is 29.4 Å². The van der Waals surface area contributed by atoms with Gasteiger partial charge in [-0.25, -0.2) is 4.90 Å². The number of anilines is 1. The number of hydrogen-bond donors (Lipinski definition) is 1. The highest BCUT2D eigenvalue weighted by Gasteiger charge is 2.69. The van der Waals surface area contributed by atoms with Crippen LogP contribution in [-0.4, -0.2) is 54.4 Å². The molecule has 49 heavy (non-hydrogen) atoms. The summed E-state index contributed by atoms with van der Waals surface area (Å²) in [5, 5.41) is 11.0.